The lowest BCUT2D eigenvalue weighted by Gasteiger charge is -2.30. The second kappa shape index (κ2) is 7.46. The number of piperidine rings is 1. The summed E-state index contributed by atoms with van der Waals surface area (Å²) in [6.07, 6.45) is 2.60. The third kappa shape index (κ3) is 5.32. The summed E-state index contributed by atoms with van der Waals surface area (Å²) in [5, 5.41) is 2.76. The predicted molar refractivity (Wildman–Crippen MR) is 63.0 cm³/mol. The van der Waals surface area contributed by atoms with Crippen LogP contribution in [0.3, 0.4) is 0 Å². The number of nitrogens with zero attached hydrogens (tertiary/aromatic N) is 1. The summed E-state index contributed by atoms with van der Waals surface area (Å²) in [7, 11) is 0. The van der Waals surface area contributed by atoms with Gasteiger partial charge in [-0.3, -0.25) is 4.84 Å². The number of hydroxylamine groups is 1. The minimum absolute atomic E-state index is 0.257. The molecule has 0 aliphatic carbocycles. The summed E-state index contributed by atoms with van der Waals surface area (Å²) >= 11 is 0. The van der Waals surface area contributed by atoms with Gasteiger partial charge in [-0.25, -0.2) is 10.3 Å². The fraction of sp³-hybridized carbons (Fsp3) is 0.909. The van der Waals surface area contributed by atoms with Gasteiger partial charge in [-0.2, -0.15) is 0 Å². The highest BCUT2D eigenvalue weighted by Gasteiger charge is 2.15. The van der Waals surface area contributed by atoms with Crippen molar-refractivity contribution in [2.75, 3.05) is 32.8 Å². The lowest BCUT2D eigenvalue weighted by atomic mass is 10.0. The van der Waals surface area contributed by atoms with E-state index in [9.17, 15) is 4.79 Å². The van der Waals surface area contributed by atoms with Gasteiger partial charge in [0, 0.05) is 19.6 Å². The molecule has 1 aliphatic rings. The Morgan fingerprint density at radius 1 is 1.56 bits per heavy atom. The van der Waals surface area contributed by atoms with Crippen molar-refractivity contribution in [2.45, 2.75) is 26.7 Å². The normalized spacial score (nSPS) is 21.8. The van der Waals surface area contributed by atoms with E-state index in [2.05, 4.69) is 22.6 Å². The van der Waals surface area contributed by atoms with Crippen LogP contribution in [-0.4, -0.2) is 43.7 Å². The predicted octanol–water partition coefficient (Wildman–Crippen LogP) is 0.969. The molecule has 0 aromatic rings. The molecule has 1 saturated heterocycles. The number of carbonyl (C=O) groups excluding carboxylic acids is 1. The molecule has 1 aliphatic heterocycles. The number of nitrogens with one attached hydrogen (secondary N) is 2. The van der Waals surface area contributed by atoms with Crippen LogP contribution in [0.15, 0.2) is 0 Å². The Balaban J connectivity index is 2.03. The lowest BCUT2D eigenvalue weighted by Crippen LogP contribution is -2.42. The number of amides is 2. The first kappa shape index (κ1) is 13.3. The van der Waals surface area contributed by atoms with E-state index in [4.69, 9.17) is 4.84 Å². The van der Waals surface area contributed by atoms with Gasteiger partial charge in [-0.1, -0.05) is 6.92 Å². The van der Waals surface area contributed by atoms with Crippen LogP contribution in [0, 0.1) is 5.92 Å². The molecule has 0 aromatic heterocycles. The standard InChI is InChI=1S/C11H23N3O2/c1-3-16-13-11(15)12-6-8-14-7-4-5-10(2)9-14/h10H,3-9H2,1-2H3,(H2,12,13,15). The minimum atomic E-state index is -0.257. The zero-order chi connectivity index (χ0) is 11.8. The van der Waals surface area contributed by atoms with Crippen LogP contribution in [0.25, 0.3) is 0 Å². The average Bonchev–Trinajstić information content (AvgIpc) is 2.26. The van der Waals surface area contributed by atoms with Gasteiger partial charge in [0.1, 0.15) is 0 Å². The molecule has 1 fully saturated rings. The molecule has 0 spiro atoms. The largest absolute Gasteiger partial charge is 0.338 e. The van der Waals surface area contributed by atoms with Crippen molar-refractivity contribution in [3.8, 4) is 0 Å². The van der Waals surface area contributed by atoms with E-state index in [1.54, 1.807) is 0 Å². The minimum Gasteiger partial charge on any atom is -0.335 e. The van der Waals surface area contributed by atoms with Crippen molar-refractivity contribution in [1.82, 2.24) is 15.7 Å². The van der Waals surface area contributed by atoms with Gasteiger partial charge >= 0.3 is 6.03 Å². The Bertz CT molecular complexity index is 211. The van der Waals surface area contributed by atoms with Crippen LogP contribution in [0.5, 0.6) is 0 Å². The Labute approximate surface area is 97.5 Å². The summed E-state index contributed by atoms with van der Waals surface area (Å²) in [5.74, 6) is 0.783. The summed E-state index contributed by atoms with van der Waals surface area (Å²) < 4.78 is 0. The Hall–Kier alpha value is -0.810. The highest BCUT2D eigenvalue weighted by molar-refractivity contribution is 5.72. The van der Waals surface area contributed by atoms with Gasteiger partial charge in [-0.05, 0) is 32.2 Å². The molecule has 0 bridgehead atoms. The average molecular weight is 229 g/mol. The third-order valence-corrected chi connectivity index (χ3v) is 2.76. The highest BCUT2D eigenvalue weighted by Crippen LogP contribution is 2.14. The number of hydrogen-bond acceptors (Lipinski definition) is 3. The number of urea groups is 1. The van der Waals surface area contributed by atoms with E-state index in [1.807, 2.05) is 6.92 Å². The van der Waals surface area contributed by atoms with Crippen molar-refractivity contribution < 1.29 is 9.63 Å². The molecule has 5 heteroatoms. The van der Waals surface area contributed by atoms with Gasteiger partial charge in [0.15, 0.2) is 0 Å². The van der Waals surface area contributed by atoms with E-state index in [-0.39, 0.29) is 6.03 Å². The van der Waals surface area contributed by atoms with Crippen LogP contribution in [0.1, 0.15) is 26.7 Å². The molecular weight excluding hydrogens is 206 g/mol. The first-order valence-electron chi connectivity index (χ1n) is 6.10. The van der Waals surface area contributed by atoms with Crippen LogP contribution in [0.4, 0.5) is 4.79 Å². The van der Waals surface area contributed by atoms with Gasteiger partial charge in [0.25, 0.3) is 0 Å². The molecule has 5 nitrogen and oxygen atoms in total. The summed E-state index contributed by atoms with van der Waals surface area (Å²) in [6.45, 7) is 8.48. The molecular formula is C11H23N3O2. The van der Waals surface area contributed by atoms with E-state index >= 15 is 0 Å². The summed E-state index contributed by atoms with van der Waals surface area (Å²) in [5.41, 5.74) is 2.31. The first-order valence-corrected chi connectivity index (χ1v) is 6.10. The third-order valence-electron chi connectivity index (χ3n) is 2.76. The van der Waals surface area contributed by atoms with E-state index < -0.39 is 0 Å². The maximum absolute atomic E-state index is 11.1. The quantitative estimate of drug-likeness (QED) is 0.691. The highest BCUT2D eigenvalue weighted by atomic mass is 16.7. The number of rotatable bonds is 5. The second-order valence-corrected chi connectivity index (χ2v) is 4.34. The van der Waals surface area contributed by atoms with Gasteiger partial charge in [0.2, 0.25) is 0 Å². The number of likely N-dealkylation sites (tertiary alicyclic amines) is 1. The van der Waals surface area contributed by atoms with E-state index in [0.717, 1.165) is 25.6 Å². The number of carbonyl (C=O) groups is 1. The van der Waals surface area contributed by atoms with Crippen molar-refractivity contribution in [2.24, 2.45) is 5.92 Å². The van der Waals surface area contributed by atoms with E-state index in [1.165, 1.54) is 12.8 Å². The smallest absolute Gasteiger partial charge is 0.335 e. The molecule has 2 N–H and O–H groups in total. The molecule has 16 heavy (non-hydrogen) atoms. The molecule has 94 valence electrons. The van der Waals surface area contributed by atoms with Crippen LogP contribution >= 0.6 is 0 Å². The molecule has 1 atom stereocenters. The Kier molecular flexibility index (Phi) is 6.18. The van der Waals surface area contributed by atoms with Gasteiger partial charge in [-0.15, -0.1) is 0 Å². The molecule has 2 amide bonds. The lowest BCUT2D eigenvalue weighted by molar-refractivity contribution is 0.0702. The molecule has 1 rings (SSSR count). The maximum Gasteiger partial charge on any atom is 0.338 e. The Morgan fingerprint density at radius 3 is 3.06 bits per heavy atom. The summed E-state index contributed by atoms with van der Waals surface area (Å²) in [6, 6.07) is -0.257. The maximum atomic E-state index is 11.1. The Morgan fingerprint density at radius 2 is 2.38 bits per heavy atom. The second-order valence-electron chi connectivity index (χ2n) is 4.34. The molecule has 1 heterocycles. The molecule has 0 saturated carbocycles. The fourth-order valence-corrected chi connectivity index (χ4v) is 1.99. The van der Waals surface area contributed by atoms with Crippen LogP contribution in [0.2, 0.25) is 0 Å². The van der Waals surface area contributed by atoms with E-state index in [0.29, 0.717) is 13.2 Å². The van der Waals surface area contributed by atoms with Gasteiger partial charge < -0.3 is 10.2 Å². The van der Waals surface area contributed by atoms with Crippen molar-refractivity contribution in [1.29, 1.82) is 0 Å². The van der Waals surface area contributed by atoms with Gasteiger partial charge in [0.05, 0.1) is 6.61 Å². The monoisotopic (exact) mass is 229 g/mol. The van der Waals surface area contributed by atoms with Crippen LogP contribution in [-0.2, 0) is 4.84 Å². The van der Waals surface area contributed by atoms with Crippen molar-refractivity contribution in [3.63, 3.8) is 0 Å². The molecule has 0 aromatic carbocycles. The zero-order valence-electron chi connectivity index (χ0n) is 10.3. The topological polar surface area (TPSA) is 53.6 Å². The SMILES string of the molecule is CCONC(=O)NCCN1CCCC(C)C1. The summed E-state index contributed by atoms with van der Waals surface area (Å²) in [4.78, 5) is 18.3. The van der Waals surface area contributed by atoms with Crippen molar-refractivity contribution in [3.05, 3.63) is 0 Å². The van der Waals surface area contributed by atoms with Crippen LogP contribution < -0.4 is 10.8 Å². The number of hydrogen-bond donors (Lipinski definition) is 2. The molecule has 0 radical (unpaired) electrons. The fourth-order valence-electron chi connectivity index (χ4n) is 1.99. The zero-order valence-corrected chi connectivity index (χ0v) is 10.3. The molecule has 1 unspecified atom stereocenters. The first-order chi connectivity index (χ1) is 7.72. The van der Waals surface area contributed by atoms with Crippen molar-refractivity contribution >= 4 is 6.03 Å².